The number of ketones is 1. The predicted molar refractivity (Wildman–Crippen MR) is 89.7 cm³/mol. The Bertz CT molecular complexity index is 838. The Hall–Kier alpha value is -2.34. The number of hydrogen-bond donors (Lipinski definition) is 0. The van der Waals surface area contributed by atoms with E-state index in [9.17, 15) is 4.79 Å². The number of carbonyl (C=O) groups excluding carboxylic acids is 1. The van der Waals surface area contributed by atoms with Crippen molar-refractivity contribution in [3.63, 3.8) is 0 Å². The minimum Gasteiger partial charge on any atom is -0.461 e. The summed E-state index contributed by atoms with van der Waals surface area (Å²) >= 11 is 1.38. The van der Waals surface area contributed by atoms with Gasteiger partial charge in [-0.05, 0) is 31.5 Å². The lowest BCUT2D eigenvalue weighted by molar-refractivity contribution is 0.102. The van der Waals surface area contributed by atoms with Gasteiger partial charge in [-0.3, -0.25) is 4.79 Å². The van der Waals surface area contributed by atoms with Crippen molar-refractivity contribution < 1.29 is 9.21 Å². The van der Waals surface area contributed by atoms with E-state index in [1.54, 1.807) is 12.3 Å². The van der Waals surface area contributed by atoms with Gasteiger partial charge in [-0.25, -0.2) is 0 Å². The van der Waals surface area contributed by atoms with Crippen molar-refractivity contribution in [2.45, 2.75) is 19.0 Å². The number of nitrogens with zero attached hydrogens (tertiary/aromatic N) is 3. The van der Waals surface area contributed by atoms with E-state index < -0.39 is 0 Å². The number of aromatic nitrogens is 3. The van der Waals surface area contributed by atoms with E-state index in [-0.39, 0.29) is 5.78 Å². The first-order valence-electron chi connectivity index (χ1n) is 7.23. The SMILES string of the molecule is Cc1ccc(C(=O)CSc2nnc(-c3ccco3)n2C)c(C)c1. The number of furan rings is 1. The van der Waals surface area contributed by atoms with Crippen LogP contribution in [0.5, 0.6) is 0 Å². The Morgan fingerprint density at radius 2 is 2.09 bits per heavy atom. The Labute approximate surface area is 138 Å². The average molecular weight is 327 g/mol. The van der Waals surface area contributed by atoms with Crippen molar-refractivity contribution in [3.8, 4) is 11.6 Å². The van der Waals surface area contributed by atoms with Crippen LogP contribution in [-0.4, -0.2) is 26.3 Å². The summed E-state index contributed by atoms with van der Waals surface area (Å²) in [6, 6.07) is 9.51. The lowest BCUT2D eigenvalue weighted by atomic mass is 10.0. The molecule has 0 saturated carbocycles. The van der Waals surface area contributed by atoms with Crippen LogP contribution in [0.3, 0.4) is 0 Å². The first kappa shape index (κ1) is 15.6. The third-order valence-electron chi connectivity index (χ3n) is 3.59. The molecule has 0 unspecified atom stereocenters. The fourth-order valence-electron chi connectivity index (χ4n) is 2.40. The molecule has 0 bridgehead atoms. The van der Waals surface area contributed by atoms with Gasteiger partial charge in [0.25, 0.3) is 0 Å². The van der Waals surface area contributed by atoms with Crippen LogP contribution in [0.1, 0.15) is 21.5 Å². The highest BCUT2D eigenvalue weighted by Crippen LogP contribution is 2.24. The molecule has 0 aliphatic carbocycles. The quantitative estimate of drug-likeness (QED) is 0.528. The van der Waals surface area contributed by atoms with Crippen LogP contribution in [0.25, 0.3) is 11.6 Å². The van der Waals surface area contributed by atoms with E-state index in [2.05, 4.69) is 10.2 Å². The topological polar surface area (TPSA) is 60.9 Å². The molecule has 3 aromatic rings. The maximum atomic E-state index is 12.4. The zero-order chi connectivity index (χ0) is 16.4. The molecular weight excluding hydrogens is 310 g/mol. The number of thioether (sulfide) groups is 1. The lowest BCUT2D eigenvalue weighted by Gasteiger charge is -2.06. The van der Waals surface area contributed by atoms with Gasteiger partial charge in [0.15, 0.2) is 22.5 Å². The fourth-order valence-corrected chi connectivity index (χ4v) is 3.19. The van der Waals surface area contributed by atoms with Gasteiger partial charge in [-0.2, -0.15) is 0 Å². The van der Waals surface area contributed by atoms with Crippen molar-refractivity contribution >= 4 is 17.5 Å². The van der Waals surface area contributed by atoms with Gasteiger partial charge in [-0.1, -0.05) is 35.5 Å². The van der Waals surface area contributed by atoms with Gasteiger partial charge in [-0.15, -0.1) is 10.2 Å². The van der Waals surface area contributed by atoms with E-state index in [0.29, 0.717) is 22.5 Å². The van der Waals surface area contributed by atoms with Crippen LogP contribution >= 0.6 is 11.8 Å². The van der Waals surface area contributed by atoms with E-state index in [1.807, 2.05) is 49.7 Å². The highest BCUT2D eigenvalue weighted by molar-refractivity contribution is 7.99. The first-order valence-corrected chi connectivity index (χ1v) is 8.21. The molecule has 118 valence electrons. The largest absolute Gasteiger partial charge is 0.461 e. The molecule has 0 fully saturated rings. The van der Waals surface area contributed by atoms with Gasteiger partial charge < -0.3 is 8.98 Å². The molecule has 0 radical (unpaired) electrons. The zero-order valence-corrected chi connectivity index (χ0v) is 14.1. The highest BCUT2D eigenvalue weighted by Gasteiger charge is 2.16. The maximum absolute atomic E-state index is 12.4. The summed E-state index contributed by atoms with van der Waals surface area (Å²) in [5.41, 5.74) is 2.92. The van der Waals surface area contributed by atoms with Gasteiger partial charge in [0, 0.05) is 12.6 Å². The van der Waals surface area contributed by atoms with Crippen molar-refractivity contribution in [2.24, 2.45) is 7.05 Å². The smallest absolute Gasteiger partial charge is 0.200 e. The number of rotatable bonds is 5. The molecule has 1 aromatic carbocycles. The average Bonchev–Trinajstić information content (AvgIpc) is 3.14. The number of aryl methyl sites for hydroxylation is 2. The Morgan fingerprint density at radius 3 is 2.78 bits per heavy atom. The minimum atomic E-state index is 0.0926. The first-order chi connectivity index (χ1) is 11.1. The Morgan fingerprint density at radius 1 is 1.26 bits per heavy atom. The molecule has 6 heteroatoms. The molecule has 2 heterocycles. The van der Waals surface area contributed by atoms with Crippen LogP contribution in [-0.2, 0) is 7.05 Å². The van der Waals surface area contributed by atoms with Crippen LogP contribution < -0.4 is 0 Å². The molecule has 0 spiro atoms. The maximum Gasteiger partial charge on any atom is 0.200 e. The summed E-state index contributed by atoms with van der Waals surface area (Å²) in [7, 11) is 1.86. The van der Waals surface area contributed by atoms with Crippen molar-refractivity contribution in [2.75, 3.05) is 5.75 Å². The molecular formula is C17H17N3O2S. The minimum absolute atomic E-state index is 0.0926. The van der Waals surface area contributed by atoms with Gasteiger partial charge in [0.1, 0.15) is 0 Å². The zero-order valence-electron chi connectivity index (χ0n) is 13.2. The molecule has 0 atom stereocenters. The normalized spacial score (nSPS) is 10.9. The summed E-state index contributed by atoms with van der Waals surface area (Å²) in [6.07, 6.45) is 1.60. The molecule has 2 aromatic heterocycles. The summed E-state index contributed by atoms with van der Waals surface area (Å²) in [6.45, 7) is 3.98. The summed E-state index contributed by atoms with van der Waals surface area (Å²) in [5.74, 6) is 1.73. The third-order valence-corrected chi connectivity index (χ3v) is 4.61. The van der Waals surface area contributed by atoms with E-state index in [1.165, 1.54) is 11.8 Å². The van der Waals surface area contributed by atoms with Crippen molar-refractivity contribution in [3.05, 3.63) is 53.3 Å². The molecule has 0 saturated heterocycles. The summed E-state index contributed by atoms with van der Waals surface area (Å²) in [5, 5.41) is 8.95. The van der Waals surface area contributed by atoms with E-state index in [0.717, 1.165) is 16.7 Å². The second kappa shape index (κ2) is 6.42. The van der Waals surface area contributed by atoms with Crippen LogP contribution in [0.15, 0.2) is 46.2 Å². The summed E-state index contributed by atoms with van der Waals surface area (Å²) < 4.78 is 7.17. The Kier molecular flexibility index (Phi) is 4.34. The predicted octanol–water partition coefficient (Wildman–Crippen LogP) is 3.67. The number of Topliss-reactive ketones (excluding diaryl/α,β-unsaturated/α-hetero) is 1. The Balaban J connectivity index is 1.72. The van der Waals surface area contributed by atoms with E-state index >= 15 is 0 Å². The van der Waals surface area contributed by atoms with Crippen molar-refractivity contribution in [1.82, 2.24) is 14.8 Å². The fraction of sp³-hybridized carbons (Fsp3) is 0.235. The number of hydrogen-bond acceptors (Lipinski definition) is 5. The molecule has 0 aliphatic heterocycles. The van der Waals surface area contributed by atoms with Gasteiger partial charge >= 0.3 is 0 Å². The summed E-state index contributed by atoms with van der Waals surface area (Å²) in [4.78, 5) is 12.4. The molecule has 3 rings (SSSR count). The van der Waals surface area contributed by atoms with Crippen LogP contribution in [0.2, 0.25) is 0 Å². The third kappa shape index (κ3) is 3.22. The number of carbonyl (C=O) groups is 1. The number of benzene rings is 1. The molecule has 5 nitrogen and oxygen atoms in total. The van der Waals surface area contributed by atoms with Gasteiger partial charge in [0.05, 0.1) is 12.0 Å². The molecule has 0 aliphatic rings. The standard InChI is InChI=1S/C17H17N3O2S/c1-11-6-7-13(12(2)9-11)14(21)10-23-17-19-18-16(20(17)3)15-5-4-8-22-15/h4-9H,10H2,1-3H3. The van der Waals surface area contributed by atoms with Crippen LogP contribution in [0.4, 0.5) is 0 Å². The monoisotopic (exact) mass is 327 g/mol. The molecule has 0 amide bonds. The second-order valence-electron chi connectivity index (χ2n) is 5.37. The lowest BCUT2D eigenvalue weighted by Crippen LogP contribution is -2.06. The molecule has 23 heavy (non-hydrogen) atoms. The van der Waals surface area contributed by atoms with Gasteiger partial charge in [0.2, 0.25) is 0 Å². The van der Waals surface area contributed by atoms with Crippen molar-refractivity contribution in [1.29, 1.82) is 0 Å². The highest BCUT2D eigenvalue weighted by atomic mass is 32.2. The molecule has 0 N–H and O–H groups in total. The van der Waals surface area contributed by atoms with E-state index in [4.69, 9.17) is 4.42 Å². The van der Waals surface area contributed by atoms with Crippen LogP contribution in [0, 0.1) is 13.8 Å². The second-order valence-corrected chi connectivity index (χ2v) is 6.32.